The van der Waals surface area contributed by atoms with Crippen LogP contribution in [0.1, 0.15) is 40.0 Å². The second-order valence-corrected chi connectivity index (χ2v) is 22.1. The summed E-state index contributed by atoms with van der Waals surface area (Å²) in [5, 5.41) is 109. The summed E-state index contributed by atoms with van der Waals surface area (Å²) in [7, 11) is 0. The summed E-state index contributed by atoms with van der Waals surface area (Å²) in [6.45, 7) is 2.11. The highest BCUT2D eigenvalue weighted by molar-refractivity contribution is 5.79. The Hall–Kier alpha value is -4.71. The van der Waals surface area contributed by atoms with E-state index in [1.807, 2.05) is 0 Å². The number of hydrogen-bond acceptors (Lipinski definition) is 32. The number of aliphatic hydroxyl groups excluding tert-OH is 9. The van der Waals surface area contributed by atoms with Crippen molar-refractivity contribution in [1.29, 1.82) is 0 Å². The molecule has 18 N–H and O–H groups in total. The van der Waals surface area contributed by atoms with Gasteiger partial charge in [0.1, 0.15) is 78.6 Å². The van der Waals surface area contributed by atoms with Gasteiger partial charge in [-0.2, -0.15) is 0 Å². The molecular formula is C57H104N8O31. The average Bonchev–Trinajstić information content (AvgIpc) is 0.872. The van der Waals surface area contributed by atoms with Crippen LogP contribution in [0.3, 0.4) is 0 Å². The minimum atomic E-state index is -1.46. The Balaban J connectivity index is 1.40. The van der Waals surface area contributed by atoms with Crippen LogP contribution in [0.4, 0.5) is 0 Å². The Morgan fingerprint density at radius 1 is 0.365 bits per heavy atom. The maximum Gasteiger partial charge on any atom is 0.234 e. The number of ether oxygens (including phenoxy) is 15. The number of carbonyl (C=O) groups is 7. The number of aliphatic hydroxyl groups is 9. The minimum Gasteiger partial charge on any atom is -0.394 e. The summed E-state index contributed by atoms with van der Waals surface area (Å²) < 4.78 is 84.0. The molecule has 0 aromatic rings. The summed E-state index contributed by atoms with van der Waals surface area (Å²) in [4.78, 5) is 86.0. The first kappa shape index (κ1) is 85.5. The van der Waals surface area contributed by atoms with Crippen molar-refractivity contribution in [3.8, 4) is 0 Å². The standard InChI is InChI=1S/C57H104N8O31/c1-35(69)62-45-51(79)48(76)38(29-66)94-54(45)91-25-22-85-19-16-82-13-7-59-41(72)4-10-88-32-57(65-44(75)28-58,33-89-11-5-42(73)60-8-14-83-17-20-86-23-26-92-55-46(63-36(2)70)52(80)49(77)39(30-67)95-55)34-90-12-6-43(74)61-9-15-84-18-21-87-24-27-93-56-47(64-37(3)71)53(81)50(78)40(31-68)96-56/h38-40,45-56,66-68,76-81H,4-34,58H2,1-3H3,(H,59,72)(H,60,73)(H,61,74)(H,62,69)(H,63,70)(H,64,71)(H,65,75). The molecule has 0 aromatic carbocycles. The third-order valence-electron chi connectivity index (χ3n) is 14.2. The Bertz CT molecular complexity index is 1970. The van der Waals surface area contributed by atoms with Crippen molar-refractivity contribution < 1.29 is 151 Å². The highest BCUT2D eigenvalue weighted by Gasteiger charge is 2.48. The molecule has 0 aromatic heterocycles. The van der Waals surface area contributed by atoms with E-state index >= 15 is 0 Å². The van der Waals surface area contributed by atoms with Gasteiger partial charge < -0.3 is 160 Å². The highest BCUT2D eigenvalue weighted by Crippen LogP contribution is 2.25. The van der Waals surface area contributed by atoms with E-state index in [2.05, 4.69) is 37.2 Å². The van der Waals surface area contributed by atoms with Crippen LogP contribution in [0.5, 0.6) is 0 Å². The van der Waals surface area contributed by atoms with Crippen molar-refractivity contribution in [3.63, 3.8) is 0 Å². The van der Waals surface area contributed by atoms with Crippen molar-refractivity contribution in [1.82, 2.24) is 37.2 Å². The zero-order valence-corrected chi connectivity index (χ0v) is 54.7. The Kier molecular flexibility index (Phi) is 44.3. The van der Waals surface area contributed by atoms with Crippen LogP contribution in [0.25, 0.3) is 0 Å². The third kappa shape index (κ3) is 33.9. The summed E-state index contributed by atoms with van der Waals surface area (Å²) >= 11 is 0. The molecule has 3 aliphatic heterocycles. The molecule has 3 rings (SSSR count). The lowest BCUT2D eigenvalue weighted by atomic mass is 9.97. The molecule has 15 unspecified atom stereocenters. The number of rotatable bonds is 53. The van der Waals surface area contributed by atoms with Gasteiger partial charge in [0.2, 0.25) is 41.4 Å². The van der Waals surface area contributed by atoms with Crippen LogP contribution >= 0.6 is 0 Å². The summed E-state index contributed by atoms with van der Waals surface area (Å²) in [5.74, 6) is -3.26. The van der Waals surface area contributed by atoms with Crippen molar-refractivity contribution >= 4 is 41.4 Å². The van der Waals surface area contributed by atoms with Gasteiger partial charge in [-0.3, -0.25) is 33.6 Å². The largest absolute Gasteiger partial charge is 0.394 e. The molecule has 39 heteroatoms. The zero-order valence-electron chi connectivity index (χ0n) is 54.7. The van der Waals surface area contributed by atoms with Gasteiger partial charge in [0.05, 0.1) is 165 Å². The van der Waals surface area contributed by atoms with Gasteiger partial charge in [-0.25, -0.2) is 0 Å². The molecule has 3 aliphatic rings. The first-order valence-electron chi connectivity index (χ1n) is 31.6. The van der Waals surface area contributed by atoms with Crippen molar-refractivity contribution in [2.45, 2.75) is 138 Å². The number of amides is 7. The molecule has 3 saturated heterocycles. The fourth-order valence-corrected chi connectivity index (χ4v) is 9.40. The zero-order chi connectivity index (χ0) is 70.7. The second-order valence-electron chi connectivity index (χ2n) is 22.1. The maximum absolute atomic E-state index is 12.9. The fraction of sp³-hybridized carbons (Fsp3) is 0.877. The van der Waals surface area contributed by atoms with Gasteiger partial charge in [-0.15, -0.1) is 0 Å². The van der Waals surface area contributed by atoms with Gasteiger partial charge in [0, 0.05) is 59.7 Å². The smallest absolute Gasteiger partial charge is 0.234 e. The Morgan fingerprint density at radius 2 is 0.625 bits per heavy atom. The lowest BCUT2D eigenvalue weighted by Crippen LogP contribution is -2.64. The molecule has 39 nitrogen and oxygen atoms in total. The topological polar surface area (TPSA) is 550 Å². The summed E-state index contributed by atoms with van der Waals surface area (Å²) in [6.07, 6.45) is -16.0. The van der Waals surface area contributed by atoms with Gasteiger partial charge in [-0.05, 0) is 0 Å². The molecule has 7 amide bonds. The highest BCUT2D eigenvalue weighted by atomic mass is 16.7. The summed E-state index contributed by atoms with van der Waals surface area (Å²) in [6, 6.07) is -3.28. The van der Waals surface area contributed by atoms with E-state index < -0.39 is 147 Å². The molecule has 558 valence electrons. The number of hydrogen-bond donors (Lipinski definition) is 17. The Morgan fingerprint density at radius 3 is 0.875 bits per heavy atom. The van der Waals surface area contributed by atoms with Gasteiger partial charge in [0.25, 0.3) is 0 Å². The maximum atomic E-state index is 12.9. The van der Waals surface area contributed by atoms with E-state index in [0.717, 1.165) is 0 Å². The van der Waals surface area contributed by atoms with E-state index in [9.17, 15) is 79.5 Å². The first-order valence-corrected chi connectivity index (χ1v) is 31.6. The van der Waals surface area contributed by atoms with Gasteiger partial charge >= 0.3 is 0 Å². The van der Waals surface area contributed by atoms with Crippen molar-refractivity contribution in [3.05, 3.63) is 0 Å². The van der Waals surface area contributed by atoms with E-state index in [1.54, 1.807) is 0 Å². The molecule has 3 heterocycles. The number of nitrogens with one attached hydrogen (secondary N) is 7. The van der Waals surface area contributed by atoms with Gasteiger partial charge in [0.15, 0.2) is 18.9 Å². The fourth-order valence-electron chi connectivity index (χ4n) is 9.40. The van der Waals surface area contributed by atoms with E-state index in [0.29, 0.717) is 0 Å². The quantitative estimate of drug-likeness (QED) is 0.0252. The molecule has 0 saturated carbocycles. The van der Waals surface area contributed by atoms with Crippen LogP contribution in [-0.2, 0) is 105 Å². The lowest BCUT2D eigenvalue weighted by molar-refractivity contribution is -0.272. The molecule has 0 spiro atoms. The first-order chi connectivity index (χ1) is 46.1. The van der Waals surface area contributed by atoms with Crippen LogP contribution in [-0.4, -0.2) is 370 Å². The summed E-state index contributed by atoms with van der Waals surface area (Å²) in [5.41, 5.74) is 4.25. The van der Waals surface area contributed by atoms with E-state index in [4.69, 9.17) is 76.8 Å². The number of carbonyl (C=O) groups excluding carboxylic acids is 7. The van der Waals surface area contributed by atoms with Gasteiger partial charge in [-0.1, -0.05) is 0 Å². The second kappa shape index (κ2) is 49.7. The third-order valence-corrected chi connectivity index (χ3v) is 14.2. The van der Waals surface area contributed by atoms with Crippen LogP contribution < -0.4 is 43.0 Å². The number of nitrogens with two attached hydrogens (primary N) is 1. The lowest BCUT2D eigenvalue weighted by Gasteiger charge is -2.42. The van der Waals surface area contributed by atoms with E-state index in [1.165, 1.54) is 20.8 Å². The predicted octanol–water partition coefficient (Wildman–Crippen LogP) is -10.7. The molecule has 96 heavy (non-hydrogen) atoms. The predicted molar refractivity (Wildman–Crippen MR) is 324 cm³/mol. The normalized spacial score (nSPS) is 26.4. The van der Waals surface area contributed by atoms with Crippen LogP contribution in [0.2, 0.25) is 0 Å². The van der Waals surface area contributed by atoms with E-state index in [-0.39, 0.29) is 195 Å². The molecule has 15 atom stereocenters. The minimum absolute atomic E-state index is 0.0280. The monoisotopic (exact) mass is 1400 g/mol. The van der Waals surface area contributed by atoms with Crippen LogP contribution in [0.15, 0.2) is 0 Å². The average molecular weight is 1400 g/mol. The molecule has 0 radical (unpaired) electrons. The molecular weight excluding hydrogens is 1290 g/mol. The molecule has 0 bridgehead atoms. The molecule has 3 fully saturated rings. The van der Waals surface area contributed by atoms with Crippen LogP contribution in [0, 0.1) is 0 Å². The Labute approximate surface area is 555 Å². The SMILES string of the molecule is CC(=O)NC1C(OCCOCCOCCNC(=O)CCOCC(COCCC(=O)NCCOCCOCCOC2OC(CO)C(O)C(O)C2NC(C)=O)(COCCC(=O)NCCOCCOCCOC2OC(CO)C(O)C(O)C2NC(C)=O)NC(=O)CN)OC(CO)C(O)C1O. The molecule has 0 aliphatic carbocycles. The van der Waals surface area contributed by atoms with Crippen molar-refractivity contribution in [2.75, 3.05) is 185 Å². The van der Waals surface area contributed by atoms with Crippen molar-refractivity contribution in [2.24, 2.45) is 5.73 Å².